The first-order valence-corrected chi connectivity index (χ1v) is 8.08. The molecule has 0 amide bonds. The smallest absolute Gasteiger partial charge is 0.173 e. The molecular formula is C18H17N5O2. The van der Waals surface area contributed by atoms with Crippen molar-refractivity contribution in [1.82, 2.24) is 24.8 Å². The van der Waals surface area contributed by atoms with E-state index in [1.54, 1.807) is 12.4 Å². The third-order valence-electron chi connectivity index (χ3n) is 3.98. The first-order valence-electron chi connectivity index (χ1n) is 8.08. The van der Waals surface area contributed by atoms with E-state index in [1.165, 1.54) is 0 Å². The van der Waals surface area contributed by atoms with Crippen LogP contribution in [-0.2, 0) is 6.54 Å². The van der Waals surface area contributed by atoms with Gasteiger partial charge in [0.2, 0.25) is 0 Å². The lowest BCUT2D eigenvalue weighted by Gasteiger charge is -2.11. The fourth-order valence-electron chi connectivity index (χ4n) is 2.86. The van der Waals surface area contributed by atoms with Gasteiger partial charge in [-0.3, -0.25) is 4.98 Å². The fraction of sp³-hybridized carbons (Fsp3) is 0.222. The van der Waals surface area contributed by atoms with Gasteiger partial charge in [0.05, 0.1) is 12.1 Å². The highest BCUT2D eigenvalue weighted by Gasteiger charge is 2.21. The van der Waals surface area contributed by atoms with E-state index in [-0.39, 0.29) is 0 Å². The van der Waals surface area contributed by atoms with Crippen LogP contribution < -0.4 is 4.74 Å². The number of hydrogen-bond acceptors (Lipinski definition) is 6. The molecule has 4 rings (SSSR count). The summed E-state index contributed by atoms with van der Waals surface area (Å²) in [6.45, 7) is 5.02. The molecule has 0 saturated heterocycles. The van der Waals surface area contributed by atoms with Gasteiger partial charge in [0.15, 0.2) is 11.5 Å². The summed E-state index contributed by atoms with van der Waals surface area (Å²) in [6.07, 6.45) is 3.56. The van der Waals surface area contributed by atoms with Crippen LogP contribution in [0.4, 0.5) is 0 Å². The average molecular weight is 335 g/mol. The van der Waals surface area contributed by atoms with E-state index in [2.05, 4.69) is 19.9 Å². The topological polar surface area (TPSA) is 78.9 Å². The molecule has 0 aliphatic carbocycles. The van der Waals surface area contributed by atoms with E-state index in [4.69, 9.17) is 14.3 Å². The molecule has 0 unspecified atom stereocenters. The van der Waals surface area contributed by atoms with Crippen LogP contribution in [-0.4, -0.2) is 31.5 Å². The molecule has 0 aliphatic rings. The lowest BCUT2D eigenvalue weighted by molar-refractivity contribution is 0.305. The first-order chi connectivity index (χ1) is 12.3. The van der Waals surface area contributed by atoms with Gasteiger partial charge in [-0.15, -0.1) is 0 Å². The summed E-state index contributed by atoms with van der Waals surface area (Å²) in [5.74, 6) is 1.50. The molecule has 7 nitrogen and oxygen atoms in total. The van der Waals surface area contributed by atoms with Gasteiger partial charge in [-0.25, -0.2) is 9.61 Å². The Morgan fingerprint density at radius 1 is 1.12 bits per heavy atom. The third-order valence-corrected chi connectivity index (χ3v) is 3.98. The van der Waals surface area contributed by atoms with E-state index in [9.17, 15) is 0 Å². The lowest BCUT2D eigenvalue weighted by atomic mass is 10.2. The zero-order valence-electron chi connectivity index (χ0n) is 14.0. The zero-order valence-corrected chi connectivity index (χ0v) is 14.0. The number of imidazole rings is 1. The quantitative estimate of drug-likeness (QED) is 0.557. The Morgan fingerprint density at radius 2 is 1.96 bits per heavy atom. The summed E-state index contributed by atoms with van der Waals surface area (Å²) in [4.78, 5) is 8.84. The summed E-state index contributed by atoms with van der Waals surface area (Å²) < 4.78 is 12.8. The van der Waals surface area contributed by atoms with Crippen LogP contribution in [0.5, 0.6) is 5.75 Å². The normalized spacial score (nSPS) is 11.1. The van der Waals surface area contributed by atoms with Gasteiger partial charge >= 0.3 is 0 Å². The molecule has 0 bridgehead atoms. The highest BCUT2D eigenvalue weighted by Crippen LogP contribution is 2.32. The predicted molar refractivity (Wildman–Crippen MR) is 92.3 cm³/mol. The molecule has 4 aromatic rings. The number of para-hydroxylation sites is 1. The number of pyridine rings is 1. The minimum absolute atomic E-state index is 0.583. The van der Waals surface area contributed by atoms with Crippen molar-refractivity contribution in [1.29, 1.82) is 0 Å². The summed E-state index contributed by atoms with van der Waals surface area (Å²) in [5, 5.41) is 7.93. The standard InChI is InChI=1S/C18H17N5O2/c1-3-24-15-6-4-5-14-17(15)23(11-13-7-9-19-10-8-13)18(20-14)16-12(2)21-25-22-16/h4-10H,3,11H2,1-2H3. The van der Waals surface area contributed by atoms with Gasteiger partial charge in [0.25, 0.3) is 0 Å². The maximum Gasteiger partial charge on any atom is 0.173 e. The number of rotatable bonds is 5. The van der Waals surface area contributed by atoms with Crippen molar-refractivity contribution in [2.45, 2.75) is 20.4 Å². The van der Waals surface area contributed by atoms with Crippen LogP contribution in [0, 0.1) is 6.92 Å². The van der Waals surface area contributed by atoms with E-state index in [0.717, 1.165) is 22.3 Å². The molecule has 0 radical (unpaired) electrons. The van der Waals surface area contributed by atoms with Crippen molar-refractivity contribution < 1.29 is 9.37 Å². The number of aromatic nitrogens is 5. The molecule has 0 N–H and O–H groups in total. The molecule has 1 aromatic carbocycles. The molecule has 0 aliphatic heterocycles. The third kappa shape index (κ3) is 2.73. The Bertz CT molecular complexity index is 1010. The van der Waals surface area contributed by atoms with E-state index >= 15 is 0 Å². The van der Waals surface area contributed by atoms with Crippen molar-refractivity contribution in [3.8, 4) is 17.3 Å². The molecule has 0 fully saturated rings. The van der Waals surface area contributed by atoms with Crippen molar-refractivity contribution in [3.63, 3.8) is 0 Å². The number of nitrogens with zero attached hydrogens (tertiary/aromatic N) is 5. The largest absolute Gasteiger partial charge is 0.492 e. The van der Waals surface area contributed by atoms with Crippen molar-refractivity contribution >= 4 is 11.0 Å². The van der Waals surface area contributed by atoms with Gasteiger partial charge in [-0.2, -0.15) is 0 Å². The Hall–Kier alpha value is -3.22. The highest BCUT2D eigenvalue weighted by atomic mass is 16.6. The fourth-order valence-corrected chi connectivity index (χ4v) is 2.86. The number of aryl methyl sites for hydroxylation is 1. The van der Waals surface area contributed by atoms with Crippen molar-refractivity contribution in [2.75, 3.05) is 6.61 Å². The summed E-state index contributed by atoms with van der Waals surface area (Å²) in [6, 6.07) is 9.82. The molecule has 3 heterocycles. The second-order valence-electron chi connectivity index (χ2n) is 5.63. The van der Waals surface area contributed by atoms with Crippen LogP contribution in [0.2, 0.25) is 0 Å². The average Bonchev–Trinajstić information content (AvgIpc) is 3.20. The Labute approximate surface area is 144 Å². The van der Waals surface area contributed by atoms with Gasteiger partial charge in [-0.05, 0) is 48.8 Å². The van der Waals surface area contributed by atoms with Crippen molar-refractivity contribution in [2.24, 2.45) is 0 Å². The Kier molecular flexibility index (Phi) is 3.89. The monoisotopic (exact) mass is 335 g/mol. The molecule has 126 valence electrons. The summed E-state index contributed by atoms with van der Waals surface area (Å²) in [5.41, 5.74) is 4.21. The zero-order chi connectivity index (χ0) is 17.2. The number of benzene rings is 1. The van der Waals surface area contributed by atoms with Crippen LogP contribution >= 0.6 is 0 Å². The Morgan fingerprint density at radius 3 is 2.68 bits per heavy atom. The van der Waals surface area contributed by atoms with Crippen LogP contribution in [0.1, 0.15) is 18.2 Å². The van der Waals surface area contributed by atoms with Gasteiger partial charge in [0, 0.05) is 18.9 Å². The van der Waals surface area contributed by atoms with Crippen LogP contribution in [0.25, 0.3) is 22.6 Å². The lowest BCUT2D eigenvalue weighted by Crippen LogP contribution is -2.04. The molecule has 0 spiro atoms. The van der Waals surface area contributed by atoms with Crippen LogP contribution in [0.15, 0.2) is 47.4 Å². The first kappa shape index (κ1) is 15.3. The SMILES string of the molecule is CCOc1cccc2nc(-c3nonc3C)n(Cc3ccncc3)c12. The second kappa shape index (κ2) is 6.35. The molecule has 25 heavy (non-hydrogen) atoms. The number of ether oxygens (including phenoxy) is 1. The number of fused-ring (bicyclic) bond motifs is 1. The molecule has 0 saturated carbocycles. The van der Waals surface area contributed by atoms with Gasteiger partial charge in [-0.1, -0.05) is 11.2 Å². The second-order valence-corrected chi connectivity index (χ2v) is 5.63. The Balaban J connectivity index is 1.96. The molecule has 7 heteroatoms. The highest BCUT2D eigenvalue weighted by molar-refractivity contribution is 5.86. The van der Waals surface area contributed by atoms with Gasteiger partial charge < -0.3 is 9.30 Å². The minimum Gasteiger partial charge on any atom is -0.492 e. The molecule has 3 aromatic heterocycles. The maximum atomic E-state index is 5.83. The van der Waals surface area contributed by atoms with E-state index in [1.807, 2.05) is 44.2 Å². The maximum absolute atomic E-state index is 5.83. The van der Waals surface area contributed by atoms with Crippen LogP contribution in [0.3, 0.4) is 0 Å². The van der Waals surface area contributed by atoms with E-state index in [0.29, 0.717) is 30.4 Å². The summed E-state index contributed by atoms with van der Waals surface area (Å²) >= 11 is 0. The van der Waals surface area contributed by atoms with E-state index < -0.39 is 0 Å². The number of hydrogen-bond donors (Lipinski definition) is 0. The van der Waals surface area contributed by atoms with Gasteiger partial charge in [0.1, 0.15) is 17.0 Å². The minimum atomic E-state index is 0.583. The molecular weight excluding hydrogens is 318 g/mol. The molecule has 0 atom stereocenters. The van der Waals surface area contributed by atoms with Crippen molar-refractivity contribution in [3.05, 3.63) is 54.0 Å². The predicted octanol–water partition coefficient (Wildman–Crippen LogP) is 3.24. The summed E-state index contributed by atoms with van der Waals surface area (Å²) in [7, 11) is 0.